The molecule has 3 rings (SSSR count). The molecule has 0 unspecified atom stereocenters. The van der Waals surface area contributed by atoms with E-state index < -0.39 is 0 Å². The summed E-state index contributed by atoms with van der Waals surface area (Å²) in [7, 11) is 0. The zero-order valence-corrected chi connectivity index (χ0v) is 12.6. The quantitative estimate of drug-likeness (QED) is 0.866. The average molecular weight is 305 g/mol. The highest BCUT2D eigenvalue weighted by Gasteiger charge is 2.23. The summed E-state index contributed by atoms with van der Waals surface area (Å²) in [5.41, 5.74) is 0.709. The largest absolute Gasteiger partial charge is 0.345 e. The normalized spacial score (nSPS) is 15.4. The fourth-order valence-electron chi connectivity index (χ4n) is 2.29. The van der Waals surface area contributed by atoms with Crippen molar-refractivity contribution in [3.8, 4) is 0 Å². The van der Waals surface area contributed by atoms with Crippen molar-refractivity contribution in [1.82, 2.24) is 9.88 Å². The van der Waals surface area contributed by atoms with Gasteiger partial charge in [-0.1, -0.05) is 6.07 Å². The van der Waals surface area contributed by atoms with Crippen LogP contribution in [0.3, 0.4) is 0 Å². The minimum Gasteiger partial charge on any atom is -0.345 e. The van der Waals surface area contributed by atoms with E-state index in [1.165, 1.54) is 0 Å². The molecule has 0 aliphatic carbocycles. The first-order chi connectivity index (χ1) is 9.74. The molecule has 4 nitrogen and oxygen atoms in total. The van der Waals surface area contributed by atoms with E-state index in [2.05, 4.69) is 22.5 Å². The van der Waals surface area contributed by atoms with Crippen molar-refractivity contribution in [2.75, 3.05) is 31.1 Å². The van der Waals surface area contributed by atoms with Crippen LogP contribution in [0.15, 0.2) is 40.7 Å². The summed E-state index contributed by atoms with van der Waals surface area (Å²) in [4.78, 5) is 21.7. The molecular formula is C14H15N3OS2. The number of carbonyl (C=O) groups excluding carboxylic acids is 1. The van der Waals surface area contributed by atoms with Gasteiger partial charge in [-0.05, 0) is 18.2 Å². The van der Waals surface area contributed by atoms with Crippen LogP contribution < -0.4 is 4.90 Å². The maximum atomic E-state index is 12.4. The molecule has 1 saturated heterocycles. The first kappa shape index (κ1) is 13.5. The van der Waals surface area contributed by atoms with Crippen molar-refractivity contribution < 1.29 is 4.79 Å². The zero-order chi connectivity index (χ0) is 13.9. The Labute approximate surface area is 127 Å². The fourth-order valence-corrected chi connectivity index (χ4v) is 3.22. The lowest BCUT2D eigenvalue weighted by Gasteiger charge is -2.34. The molecule has 1 amide bonds. The Hall–Kier alpha value is -1.53. The van der Waals surface area contributed by atoms with Gasteiger partial charge in [-0.2, -0.15) is 0 Å². The number of thiol groups is 1. The molecular weight excluding hydrogens is 290 g/mol. The summed E-state index contributed by atoms with van der Waals surface area (Å²) >= 11 is 5.92. The van der Waals surface area contributed by atoms with Crippen molar-refractivity contribution >= 4 is 35.0 Å². The summed E-state index contributed by atoms with van der Waals surface area (Å²) in [6.07, 6.45) is 1.82. The molecule has 1 aliphatic rings. The number of thiazole rings is 1. The van der Waals surface area contributed by atoms with Crippen molar-refractivity contribution in [1.29, 1.82) is 0 Å². The predicted octanol–water partition coefficient (Wildman–Crippen LogP) is 2.39. The van der Waals surface area contributed by atoms with Gasteiger partial charge in [0.1, 0.15) is 0 Å². The Morgan fingerprint density at radius 1 is 1.25 bits per heavy atom. The van der Waals surface area contributed by atoms with Crippen molar-refractivity contribution in [3.05, 3.63) is 41.4 Å². The van der Waals surface area contributed by atoms with Crippen LogP contribution in [-0.4, -0.2) is 42.0 Å². The summed E-state index contributed by atoms with van der Waals surface area (Å²) in [6, 6.07) is 7.40. The van der Waals surface area contributed by atoms with Gasteiger partial charge in [-0.25, -0.2) is 4.98 Å². The summed E-state index contributed by atoms with van der Waals surface area (Å²) in [5.74, 6) is 0.0830. The highest BCUT2D eigenvalue weighted by molar-refractivity contribution is 7.80. The molecule has 0 bridgehead atoms. The van der Waals surface area contributed by atoms with Gasteiger partial charge in [0.2, 0.25) is 0 Å². The standard InChI is InChI=1S/C14H15N3OS2/c18-13(11-2-1-3-12(19)10-11)16-5-7-17(8-6-16)14-15-4-9-20-14/h1-4,9-10,19H,5-8H2. The van der Waals surface area contributed by atoms with E-state index in [-0.39, 0.29) is 5.91 Å². The molecule has 1 aromatic heterocycles. The van der Waals surface area contributed by atoms with E-state index in [4.69, 9.17) is 0 Å². The Kier molecular flexibility index (Phi) is 3.93. The zero-order valence-electron chi connectivity index (χ0n) is 10.9. The topological polar surface area (TPSA) is 36.4 Å². The van der Waals surface area contributed by atoms with Gasteiger partial charge in [0.15, 0.2) is 5.13 Å². The fraction of sp³-hybridized carbons (Fsp3) is 0.286. The van der Waals surface area contributed by atoms with Crippen LogP contribution in [0.25, 0.3) is 0 Å². The second kappa shape index (κ2) is 5.85. The number of amides is 1. The minimum absolute atomic E-state index is 0.0830. The summed E-state index contributed by atoms with van der Waals surface area (Å²) in [5, 5.41) is 3.01. The van der Waals surface area contributed by atoms with Crippen molar-refractivity contribution in [2.24, 2.45) is 0 Å². The third-order valence-corrected chi connectivity index (χ3v) is 4.46. The number of carbonyl (C=O) groups is 1. The second-order valence-electron chi connectivity index (χ2n) is 4.64. The van der Waals surface area contributed by atoms with Gasteiger partial charge in [0.05, 0.1) is 0 Å². The third-order valence-electron chi connectivity index (χ3n) is 3.35. The maximum Gasteiger partial charge on any atom is 0.254 e. The van der Waals surface area contributed by atoms with E-state index in [1.807, 2.05) is 40.7 Å². The number of piperazine rings is 1. The lowest BCUT2D eigenvalue weighted by molar-refractivity contribution is 0.0746. The molecule has 0 N–H and O–H groups in total. The molecule has 1 aromatic carbocycles. The van der Waals surface area contributed by atoms with Crippen LogP contribution in [0.5, 0.6) is 0 Å². The molecule has 1 fully saturated rings. The van der Waals surface area contributed by atoms with E-state index in [0.717, 1.165) is 36.2 Å². The number of benzene rings is 1. The van der Waals surface area contributed by atoms with E-state index >= 15 is 0 Å². The highest BCUT2D eigenvalue weighted by Crippen LogP contribution is 2.20. The number of hydrogen-bond donors (Lipinski definition) is 1. The number of aromatic nitrogens is 1. The smallest absolute Gasteiger partial charge is 0.254 e. The highest BCUT2D eigenvalue weighted by atomic mass is 32.1. The Morgan fingerprint density at radius 3 is 2.70 bits per heavy atom. The Bertz CT molecular complexity index is 592. The molecule has 104 valence electrons. The van der Waals surface area contributed by atoms with Gasteiger partial charge < -0.3 is 9.80 Å². The molecule has 0 atom stereocenters. The molecule has 6 heteroatoms. The monoisotopic (exact) mass is 305 g/mol. The number of rotatable bonds is 2. The number of anilines is 1. The second-order valence-corrected chi connectivity index (χ2v) is 6.03. The molecule has 0 spiro atoms. The average Bonchev–Trinajstić information content (AvgIpc) is 3.01. The lowest BCUT2D eigenvalue weighted by atomic mass is 10.2. The molecule has 2 aromatic rings. The number of hydrogen-bond acceptors (Lipinski definition) is 5. The SMILES string of the molecule is O=C(c1cccc(S)c1)N1CCN(c2nccs2)CC1. The van der Waals surface area contributed by atoms with Crippen LogP contribution in [0.2, 0.25) is 0 Å². The molecule has 1 aliphatic heterocycles. The van der Waals surface area contributed by atoms with Crippen LogP contribution >= 0.6 is 24.0 Å². The van der Waals surface area contributed by atoms with E-state index in [1.54, 1.807) is 11.3 Å². The van der Waals surface area contributed by atoms with Gasteiger partial charge in [-0.15, -0.1) is 24.0 Å². The van der Waals surface area contributed by atoms with Crippen molar-refractivity contribution in [3.63, 3.8) is 0 Å². The third kappa shape index (κ3) is 2.81. The maximum absolute atomic E-state index is 12.4. The predicted molar refractivity (Wildman–Crippen MR) is 83.9 cm³/mol. The van der Waals surface area contributed by atoms with E-state index in [9.17, 15) is 4.79 Å². The molecule has 20 heavy (non-hydrogen) atoms. The van der Waals surface area contributed by atoms with Gasteiger partial charge in [0.25, 0.3) is 5.91 Å². The van der Waals surface area contributed by atoms with Crippen LogP contribution in [0.4, 0.5) is 5.13 Å². The lowest BCUT2D eigenvalue weighted by Crippen LogP contribution is -2.48. The van der Waals surface area contributed by atoms with Gasteiger partial charge in [0, 0.05) is 48.2 Å². The molecule has 0 radical (unpaired) electrons. The number of nitrogens with zero attached hydrogens (tertiary/aromatic N) is 3. The minimum atomic E-state index is 0.0830. The van der Waals surface area contributed by atoms with Gasteiger partial charge in [-0.3, -0.25) is 4.79 Å². The van der Waals surface area contributed by atoms with Crippen molar-refractivity contribution in [2.45, 2.75) is 4.90 Å². The van der Waals surface area contributed by atoms with Gasteiger partial charge >= 0.3 is 0 Å². The van der Waals surface area contributed by atoms with Crippen LogP contribution in [-0.2, 0) is 0 Å². The Morgan fingerprint density at radius 2 is 2.05 bits per heavy atom. The first-order valence-electron chi connectivity index (χ1n) is 6.47. The van der Waals surface area contributed by atoms with Crippen LogP contribution in [0, 0.1) is 0 Å². The van der Waals surface area contributed by atoms with Crippen LogP contribution in [0.1, 0.15) is 10.4 Å². The summed E-state index contributed by atoms with van der Waals surface area (Å²) in [6.45, 7) is 3.13. The van der Waals surface area contributed by atoms with E-state index in [0.29, 0.717) is 5.56 Å². The molecule has 0 saturated carbocycles. The summed E-state index contributed by atoms with van der Waals surface area (Å²) < 4.78 is 0. The Balaban J connectivity index is 1.65. The molecule has 2 heterocycles. The first-order valence-corrected chi connectivity index (χ1v) is 7.79.